The molecule has 0 radical (unpaired) electrons. The highest BCUT2D eigenvalue weighted by molar-refractivity contribution is 5.98. The van der Waals surface area contributed by atoms with Crippen molar-refractivity contribution in [3.63, 3.8) is 0 Å². The lowest BCUT2D eigenvalue weighted by Crippen LogP contribution is -2.57. The van der Waals surface area contributed by atoms with Crippen LogP contribution in [-0.2, 0) is 35.1 Å². The lowest BCUT2D eigenvalue weighted by molar-refractivity contribution is -0.134. The monoisotopic (exact) mass is 584 g/mol. The normalized spacial score (nSPS) is 24.1. The van der Waals surface area contributed by atoms with Crippen LogP contribution >= 0.6 is 0 Å². The molecule has 42 heavy (non-hydrogen) atoms. The second kappa shape index (κ2) is 14.3. The van der Waals surface area contributed by atoms with E-state index in [-0.39, 0.29) is 24.7 Å². The third-order valence-corrected chi connectivity index (χ3v) is 8.11. The first-order valence-electron chi connectivity index (χ1n) is 14.8. The maximum Gasteiger partial charge on any atom is 0.243 e. The van der Waals surface area contributed by atoms with E-state index in [0.717, 1.165) is 24.0 Å². The molecule has 0 bridgehead atoms. The number of hydrogen-bond acceptors (Lipinski definition) is 8. The number of rotatable bonds is 14. The number of carbonyl (C=O) groups excluding carboxylic acids is 4. The smallest absolute Gasteiger partial charge is 0.243 e. The van der Waals surface area contributed by atoms with Crippen LogP contribution in [0.5, 0.6) is 5.75 Å². The van der Waals surface area contributed by atoms with Crippen molar-refractivity contribution < 1.29 is 33.4 Å². The number of methoxy groups -OCH3 is 1. The first kappa shape index (κ1) is 31.7. The molecule has 3 N–H and O–H groups in total. The van der Waals surface area contributed by atoms with E-state index in [9.17, 15) is 19.2 Å². The van der Waals surface area contributed by atoms with Crippen LogP contribution in [0.25, 0.3) is 0 Å². The molecule has 230 valence electrons. The van der Waals surface area contributed by atoms with Gasteiger partial charge in [-0.15, -0.1) is 0 Å². The fourth-order valence-electron chi connectivity index (χ4n) is 5.33. The molecule has 0 aromatic heterocycles. The van der Waals surface area contributed by atoms with E-state index in [1.165, 1.54) is 0 Å². The van der Waals surface area contributed by atoms with Gasteiger partial charge in [-0.25, -0.2) is 0 Å². The van der Waals surface area contributed by atoms with Gasteiger partial charge in [-0.1, -0.05) is 30.7 Å². The van der Waals surface area contributed by atoms with Crippen molar-refractivity contribution in [3.8, 4) is 5.75 Å². The summed E-state index contributed by atoms with van der Waals surface area (Å²) in [6.07, 6.45) is 4.66. The highest BCUT2D eigenvalue weighted by atomic mass is 16.6. The van der Waals surface area contributed by atoms with Crippen LogP contribution in [0.4, 0.5) is 0 Å². The largest absolute Gasteiger partial charge is 0.497 e. The van der Waals surface area contributed by atoms with Crippen LogP contribution in [-0.4, -0.2) is 98.7 Å². The van der Waals surface area contributed by atoms with Gasteiger partial charge in [0.1, 0.15) is 23.4 Å². The Labute approximate surface area is 247 Å². The third kappa shape index (κ3) is 8.86. The second-order valence-corrected chi connectivity index (χ2v) is 11.8. The minimum atomic E-state index is -0.982. The molecule has 3 amide bonds. The zero-order valence-corrected chi connectivity index (χ0v) is 25.1. The van der Waals surface area contributed by atoms with E-state index in [4.69, 9.17) is 14.2 Å². The van der Waals surface area contributed by atoms with Crippen molar-refractivity contribution in [1.29, 1.82) is 0 Å². The Morgan fingerprint density at radius 2 is 1.69 bits per heavy atom. The lowest BCUT2D eigenvalue weighted by Gasteiger charge is -2.27. The molecular weight excluding hydrogens is 540 g/mol. The maximum absolute atomic E-state index is 13.7. The van der Waals surface area contributed by atoms with Crippen molar-refractivity contribution in [1.82, 2.24) is 20.9 Å². The quantitative estimate of drug-likeness (QED) is 0.219. The molecule has 5 unspecified atom stereocenters. The summed E-state index contributed by atoms with van der Waals surface area (Å²) in [7, 11) is 1.57. The van der Waals surface area contributed by atoms with Crippen LogP contribution in [0, 0.1) is 5.92 Å². The molecule has 2 fully saturated rings. The van der Waals surface area contributed by atoms with Crippen molar-refractivity contribution in [2.45, 2.75) is 70.2 Å². The van der Waals surface area contributed by atoms with Crippen molar-refractivity contribution in [3.05, 3.63) is 41.5 Å². The average Bonchev–Trinajstić information content (AvgIpc) is 3.60. The molecule has 0 saturated carbocycles. The molecule has 1 aromatic carbocycles. The molecule has 5 atom stereocenters. The van der Waals surface area contributed by atoms with Gasteiger partial charge in [0.25, 0.3) is 0 Å². The molecule has 1 aromatic rings. The number of ether oxygens (including phenoxy) is 3. The Balaban J connectivity index is 1.45. The number of allylic oxidation sites excluding steroid dienone is 1. The van der Waals surface area contributed by atoms with E-state index < -0.39 is 35.5 Å². The molecule has 2 saturated heterocycles. The highest BCUT2D eigenvalue weighted by Crippen LogP contribution is 2.32. The summed E-state index contributed by atoms with van der Waals surface area (Å²) in [5.74, 6) is -0.316. The SMILES string of the molecule is COc1ccc(CC(NC(=O)C(C)NC(=O)CN2CCOCC2)C(=O)NC(CC2=CC(C)CC2)C(=O)C2(C)CO2)cc1. The first-order valence-corrected chi connectivity index (χ1v) is 14.8. The van der Waals surface area contributed by atoms with E-state index in [2.05, 4.69) is 29.0 Å². The van der Waals surface area contributed by atoms with E-state index in [1.807, 2.05) is 17.0 Å². The highest BCUT2D eigenvalue weighted by Gasteiger charge is 2.50. The van der Waals surface area contributed by atoms with Gasteiger partial charge in [0.15, 0.2) is 5.78 Å². The van der Waals surface area contributed by atoms with E-state index in [0.29, 0.717) is 51.0 Å². The van der Waals surface area contributed by atoms with E-state index in [1.54, 1.807) is 33.1 Å². The number of benzene rings is 1. The summed E-state index contributed by atoms with van der Waals surface area (Å²) in [4.78, 5) is 54.9. The maximum atomic E-state index is 13.7. The minimum Gasteiger partial charge on any atom is -0.497 e. The minimum absolute atomic E-state index is 0.163. The molecule has 2 heterocycles. The van der Waals surface area contributed by atoms with Crippen LogP contribution in [0.1, 0.15) is 45.6 Å². The van der Waals surface area contributed by atoms with Gasteiger partial charge in [-0.2, -0.15) is 0 Å². The van der Waals surface area contributed by atoms with Crippen LogP contribution in [0.2, 0.25) is 0 Å². The number of epoxide rings is 1. The van der Waals surface area contributed by atoms with E-state index >= 15 is 0 Å². The summed E-state index contributed by atoms with van der Waals surface area (Å²) in [6, 6.07) is 4.59. The van der Waals surface area contributed by atoms with Gasteiger partial charge >= 0.3 is 0 Å². The Bertz CT molecular complexity index is 1160. The predicted molar refractivity (Wildman–Crippen MR) is 156 cm³/mol. The summed E-state index contributed by atoms with van der Waals surface area (Å²) < 4.78 is 16.0. The average molecular weight is 585 g/mol. The van der Waals surface area contributed by atoms with Gasteiger partial charge in [0, 0.05) is 19.5 Å². The second-order valence-electron chi connectivity index (χ2n) is 11.8. The lowest BCUT2D eigenvalue weighted by atomic mass is 9.94. The van der Waals surface area contributed by atoms with Crippen molar-refractivity contribution in [2.24, 2.45) is 5.92 Å². The number of carbonyl (C=O) groups is 4. The number of amides is 3. The topological polar surface area (TPSA) is 139 Å². The number of nitrogens with one attached hydrogen (secondary N) is 3. The molecule has 3 aliphatic rings. The number of Topliss-reactive ketones (excluding diaryl/α,β-unsaturated/α-hetero) is 1. The predicted octanol–water partition coefficient (Wildman–Crippen LogP) is 1.15. The third-order valence-electron chi connectivity index (χ3n) is 8.11. The zero-order chi connectivity index (χ0) is 30.3. The molecular formula is C31H44N4O7. The number of hydrogen-bond donors (Lipinski definition) is 3. The van der Waals surface area contributed by atoms with Gasteiger partial charge < -0.3 is 30.2 Å². The molecule has 2 aliphatic heterocycles. The van der Waals surface area contributed by atoms with Crippen LogP contribution in [0.3, 0.4) is 0 Å². The zero-order valence-electron chi connectivity index (χ0n) is 25.1. The van der Waals surface area contributed by atoms with Crippen molar-refractivity contribution in [2.75, 3.05) is 46.6 Å². The standard InChI is InChI=1S/C31H44N4O7/c1-20-5-6-23(15-20)17-25(28(37)31(3)19-42-31)33-30(39)26(16-22-7-9-24(40-4)10-8-22)34-29(38)21(2)32-27(36)18-35-11-13-41-14-12-35/h7-10,15,20-21,25-26H,5-6,11-14,16-19H2,1-4H3,(H,32,36)(H,33,39)(H,34,38). The van der Waals surface area contributed by atoms with Crippen LogP contribution in [0.15, 0.2) is 35.9 Å². The molecule has 1 aliphatic carbocycles. The number of morpholine rings is 1. The molecule has 11 nitrogen and oxygen atoms in total. The van der Waals surface area contributed by atoms with Gasteiger partial charge in [0.05, 0.1) is 39.5 Å². The van der Waals surface area contributed by atoms with Crippen LogP contribution < -0.4 is 20.7 Å². The van der Waals surface area contributed by atoms with Gasteiger partial charge in [-0.05, 0) is 56.7 Å². The summed E-state index contributed by atoms with van der Waals surface area (Å²) in [5.41, 5.74) is 1.03. The van der Waals surface area contributed by atoms with Crippen molar-refractivity contribution >= 4 is 23.5 Å². The fourth-order valence-corrected chi connectivity index (χ4v) is 5.33. The van der Waals surface area contributed by atoms with Gasteiger partial charge in [-0.3, -0.25) is 24.1 Å². The Kier molecular flexibility index (Phi) is 10.7. The summed E-state index contributed by atoms with van der Waals surface area (Å²) in [6.45, 7) is 8.37. The summed E-state index contributed by atoms with van der Waals surface area (Å²) in [5, 5.41) is 8.48. The van der Waals surface area contributed by atoms with Gasteiger partial charge in [0.2, 0.25) is 17.7 Å². The molecule has 4 rings (SSSR count). The number of nitrogens with zero attached hydrogens (tertiary/aromatic N) is 1. The Hall–Kier alpha value is -3.28. The molecule has 11 heteroatoms. The molecule has 0 spiro atoms. The Morgan fingerprint density at radius 1 is 1.02 bits per heavy atom. The first-order chi connectivity index (χ1) is 20.1. The number of ketones is 1. The summed E-state index contributed by atoms with van der Waals surface area (Å²) >= 11 is 0. The Morgan fingerprint density at radius 3 is 2.29 bits per heavy atom. The fraction of sp³-hybridized carbons (Fsp3) is 0.613.